The van der Waals surface area contributed by atoms with E-state index in [-0.39, 0.29) is 0 Å². The zero-order chi connectivity index (χ0) is 21.2. The van der Waals surface area contributed by atoms with E-state index in [4.69, 9.17) is 13.8 Å². The van der Waals surface area contributed by atoms with Crippen molar-refractivity contribution in [2.24, 2.45) is 0 Å². The molecule has 4 nitrogen and oxygen atoms in total. The average molecular weight is 467 g/mol. The van der Waals surface area contributed by atoms with Gasteiger partial charge in [-0.3, -0.25) is 10.2 Å². The van der Waals surface area contributed by atoms with E-state index in [1.54, 1.807) is 0 Å². The van der Waals surface area contributed by atoms with Crippen LogP contribution >= 0.6 is 7.43 Å². The van der Waals surface area contributed by atoms with Crippen molar-refractivity contribution in [2.45, 2.75) is 71.1 Å². The van der Waals surface area contributed by atoms with Crippen LogP contribution in [0.5, 0.6) is 0 Å². The van der Waals surface area contributed by atoms with Gasteiger partial charge in [-0.25, -0.2) is 0 Å². The number of hydrogen-bond acceptors (Lipinski definition) is 3. The lowest BCUT2D eigenvalue weighted by Crippen LogP contribution is -2.76. The maximum Gasteiger partial charge on any atom is 0.412 e. The molecule has 158 valence electrons. The number of nitrogens with one attached hydrogen (secondary N) is 2. The molecule has 0 heterocycles. The summed E-state index contributed by atoms with van der Waals surface area (Å²) in [6.45, 7) is 21.4. The molecule has 0 aliphatic heterocycles. The summed E-state index contributed by atoms with van der Waals surface area (Å²) in [5, 5.41) is 11.1. The fourth-order valence-electron chi connectivity index (χ4n) is 3.45. The Bertz CT molecular complexity index is 500. The molecule has 0 saturated heterocycles. The molecule has 1 unspecified atom stereocenters. The van der Waals surface area contributed by atoms with Crippen molar-refractivity contribution in [1.82, 2.24) is 5.09 Å². The standard InChI is InChI=1S/C14H38F3N2O2PSi4/c1-22(18,20-13-14(15,16)17)19-11-12-26(24(5,6)7,25(8,9)10)21-23(2,3)4/h11-13H2,1-10H3,(H2,18,19). The summed E-state index contributed by atoms with van der Waals surface area (Å²) >= 11 is 0. The lowest BCUT2D eigenvalue weighted by molar-refractivity contribution is -0.152. The summed E-state index contributed by atoms with van der Waals surface area (Å²) in [4.78, 5) is 0. The van der Waals surface area contributed by atoms with Crippen LogP contribution in [0.1, 0.15) is 0 Å². The summed E-state index contributed by atoms with van der Waals surface area (Å²) in [5.74, 6) is 0. The molecule has 26 heavy (non-hydrogen) atoms. The molecule has 0 fully saturated rings. The van der Waals surface area contributed by atoms with Gasteiger partial charge in [0.25, 0.3) is 0 Å². The first-order valence-corrected chi connectivity index (χ1v) is 25.6. The van der Waals surface area contributed by atoms with Gasteiger partial charge in [0.05, 0.1) is 15.2 Å². The van der Waals surface area contributed by atoms with Gasteiger partial charge in [0.2, 0.25) is 0 Å². The maximum atomic E-state index is 12.4. The number of rotatable bonds is 10. The Labute approximate surface area is 161 Å². The quantitative estimate of drug-likeness (QED) is 0.305. The minimum absolute atomic E-state index is 0.497. The molecule has 0 aromatic carbocycles. The van der Waals surface area contributed by atoms with Crippen molar-refractivity contribution < 1.29 is 21.8 Å². The van der Waals surface area contributed by atoms with Crippen LogP contribution in [0.2, 0.25) is 65.0 Å². The van der Waals surface area contributed by atoms with Crippen LogP contribution in [0.4, 0.5) is 13.2 Å². The molecule has 0 saturated carbocycles. The van der Waals surface area contributed by atoms with E-state index in [1.165, 1.54) is 6.66 Å². The molecule has 0 aliphatic carbocycles. The van der Waals surface area contributed by atoms with E-state index in [1.807, 2.05) is 0 Å². The van der Waals surface area contributed by atoms with Gasteiger partial charge in [-0.2, -0.15) is 13.2 Å². The topological polar surface area (TPSA) is 54.3 Å². The van der Waals surface area contributed by atoms with Crippen LogP contribution in [0.15, 0.2) is 0 Å². The Morgan fingerprint density at radius 3 is 1.65 bits per heavy atom. The Morgan fingerprint density at radius 2 is 1.35 bits per heavy atom. The highest BCUT2D eigenvalue weighted by Crippen LogP contribution is 2.41. The molecule has 0 aromatic rings. The first kappa shape index (κ1) is 26.8. The monoisotopic (exact) mass is 466 g/mol. The average Bonchev–Trinajstić information content (AvgIpc) is 2.30. The molecule has 0 rings (SSSR count). The predicted molar refractivity (Wildman–Crippen MR) is 117 cm³/mol. The molecule has 0 amide bonds. The third kappa shape index (κ3) is 8.85. The lowest BCUT2D eigenvalue weighted by Gasteiger charge is -2.53. The number of alkyl halides is 3. The lowest BCUT2D eigenvalue weighted by atomic mass is 10.7. The van der Waals surface area contributed by atoms with E-state index in [0.717, 1.165) is 6.04 Å². The van der Waals surface area contributed by atoms with E-state index in [9.17, 15) is 13.2 Å². The normalized spacial score (nSPS) is 17.3. The van der Waals surface area contributed by atoms with Crippen LogP contribution < -0.4 is 5.09 Å². The first-order chi connectivity index (χ1) is 11.1. The maximum absolute atomic E-state index is 12.4. The van der Waals surface area contributed by atoms with Crippen molar-refractivity contribution in [3.05, 3.63) is 0 Å². The van der Waals surface area contributed by atoms with Gasteiger partial charge in [0.15, 0.2) is 15.7 Å². The Balaban J connectivity index is 5.37. The van der Waals surface area contributed by atoms with E-state index < -0.39 is 51.1 Å². The van der Waals surface area contributed by atoms with E-state index >= 15 is 0 Å². The second kappa shape index (κ2) is 8.64. The fraction of sp³-hybridized carbons (Fsp3) is 1.00. The summed E-state index contributed by atoms with van der Waals surface area (Å²) < 4.78 is 48.9. The molecular formula is C14H38F3N2O2PSi4. The van der Waals surface area contributed by atoms with Crippen LogP contribution in [0.25, 0.3) is 0 Å². The third-order valence-corrected chi connectivity index (χ3v) is 46.8. The van der Waals surface area contributed by atoms with Crippen LogP contribution in [-0.4, -0.2) is 56.8 Å². The fourth-order valence-corrected chi connectivity index (χ4v) is 59.2. The number of hydrogen-bond donors (Lipinski definition) is 2. The smallest absolute Gasteiger partial charge is 0.412 e. The minimum Gasteiger partial charge on any atom is -0.460 e. The predicted octanol–water partition coefficient (Wildman–Crippen LogP) is 6.02. The summed E-state index contributed by atoms with van der Waals surface area (Å²) in [6, 6.07) is 0.854. The van der Waals surface area contributed by atoms with Gasteiger partial charge in [-0.1, -0.05) is 39.3 Å². The largest absolute Gasteiger partial charge is 0.460 e. The van der Waals surface area contributed by atoms with Gasteiger partial charge in [0.1, 0.15) is 14.0 Å². The van der Waals surface area contributed by atoms with E-state index in [0.29, 0.717) is 6.54 Å². The van der Waals surface area contributed by atoms with Gasteiger partial charge < -0.3 is 8.64 Å². The molecule has 1 atom stereocenters. The zero-order valence-corrected chi connectivity index (χ0v) is 22.9. The first-order valence-electron chi connectivity index (χ1n) is 8.90. The Morgan fingerprint density at radius 1 is 0.923 bits per heavy atom. The highest BCUT2D eigenvalue weighted by molar-refractivity contribution is 7.67. The summed E-state index contributed by atoms with van der Waals surface area (Å²) in [5.41, 5.74) is 0. The molecule has 12 heteroatoms. The van der Waals surface area contributed by atoms with Crippen molar-refractivity contribution in [3.63, 3.8) is 0 Å². The minimum atomic E-state index is -4.40. The molecule has 0 aromatic heterocycles. The van der Waals surface area contributed by atoms with Crippen LogP contribution in [-0.2, 0) is 8.64 Å². The van der Waals surface area contributed by atoms with Crippen molar-refractivity contribution >= 4 is 38.3 Å². The molecule has 0 bridgehead atoms. The summed E-state index contributed by atoms with van der Waals surface area (Å²) in [6.07, 6.45) is -4.40. The summed E-state index contributed by atoms with van der Waals surface area (Å²) in [7, 11) is -10.1. The van der Waals surface area contributed by atoms with Gasteiger partial charge >= 0.3 is 6.18 Å². The van der Waals surface area contributed by atoms with Crippen LogP contribution in [0.3, 0.4) is 0 Å². The van der Waals surface area contributed by atoms with Crippen LogP contribution in [0, 0.1) is 5.16 Å². The molecule has 2 N–H and O–H groups in total. The van der Waals surface area contributed by atoms with Gasteiger partial charge in [-0.05, 0) is 25.7 Å². The SMILES string of the molecule is C[Si](C)(C)O[Si](CCNP(C)(=N)OCC(F)(F)F)([Si](C)(C)C)[Si](C)(C)C. The van der Waals surface area contributed by atoms with E-state index in [2.05, 4.69) is 64.0 Å². The Kier molecular flexibility index (Phi) is 8.90. The van der Waals surface area contributed by atoms with Gasteiger partial charge in [0, 0.05) is 13.2 Å². The molecule has 0 radical (unpaired) electrons. The van der Waals surface area contributed by atoms with Crippen molar-refractivity contribution in [3.8, 4) is 0 Å². The number of halogens is 3. The highest BCUT2D eigenvalue weighted by atomic mass is 31.2. The zero-order valence-electron chi connectivity index (χ0n) is 18.0. The van der Waals surface area contributed by atoms with Crippen molar-refractivity contribution in [1.29, 1.82) is 5.16 Å². The second-order valence-corrected chi connectivity index (χ2v) is 44.0. The molecular weight excluding hydrogens is 428 g/mol. The highest BCUT2D eigenvalue weighted by Gasteiger charge is 2.57. The third-order valence-electron chi connectivity index (χ3n) is 4.28. The molecule has 0 aliphatic rings. The molecule has 0 spiro atoms. The van der Waals surface area contributed by atoms with Gasteiger partial charge in [-0.15, -0.1) is 0 Å². The second-order valence-electron chi connectivity index (χ2n) is 10.0. The van der Waals surface area contributed by atoms with Crippen molar-refractivity contribution in [2.75, 3.05) is 19.8 Å². The Hall–Kier alpha value is 0.768.